The van der Waals surface area contributed by atoms with E-state index in [0.29, 0.717) is 33.7 Å². The molecule has 0 unspecified atom stereocenters. The van der Waals surface area contributed by atoms with Crippen LogP contribution in [-0.4, -0.2) is 25.2 Å². The lowest BCUT2D eigenvalue weighted by Crippen LogP contribution is -1.98. The number of hydrogen-bond acceptors (Lipinski definition) is 6. The fourth-order valence-electron chi connectivity index (χ4n) is 1.97. The summed E-state index contributed by atoms with van der Waals surface area (Å²) in [5.74, 6) is -0.0836. The second-order valence-electron chi connectivity index (χ2n) is 4.26. The van der Waals surface area contributed by atoms with Crippen LogP contribution in [0.1, 0.15) is 12.5 Å². The lowest BCUT2D eigenvalue weighted by molar-refractivity contribution is 0.447. The molecule has 0 saturated heterocycles. The molecule has 6 nitrogen and oxygen atoms in total. The van der Waals surface area contributed by atoms with E-state index >= 15 is 0 Å². The summed E-state index contributed by atoms with van der Waals surface area (Å²) in [5, 5.41) is 20.0. The number of benzene rings is 1. The van der Waals surface area contributed by atoms with Crippen molar-refractivity contribution in [2.45, 2.75) is 13.3 Å². The highest BCUT2D eigenvalue weighted by Crippen LogP contribution is 2.35. The van der Waals surface area contributed by atoms with Crippen LogP contribution >= 0.6 is 11.3 Å². The number of hydrogen-bond donors (Lipinski definition) is 3. The number of nitrogens with zero attached hydrogens (tertiary/aromatic N) is 2. The Morgan fingerprint density at radius 3 is 2.85 bits per heavy atom. The molecule has 20 heavy (non-hydrogen) atoms. The van der Waals surface area contributed by atoms with Gasteiger partial charge in [0.25, 0.3) is 4.74 Å². The Kier molecular flexibility index (Phi) is 2.90. The second kappa shape index (κ2) is 4.61. The van der Waals surface area contributed by atoms with Gasteiger partial charge in [-0.1, -0.05) is 18.3 Å². The van der Waals surface area contributed by atoms with Crippen molar-refractivity contribution in [2.24, 2.45) is 0 Å². The summed E-state index contributed by atoms with van der Waals surface area (Å²) in [6.45, 7) is 1.89. The molecule has 0 aliphatic heterocycles. The number of aromatic nitrogens is 3. The molecule has 0 aliphatic rings. The molecule has 3 N–H and O–H groups in total. The number of rotatable bonds is 2. The normalized spacial score (nSPS) is 11.1. The van der Waals surface area contributed by atoms with E-state index < -0.39 is 0 Å². The Balaban J connectivity index is 2.27. The fourth-order valence-corrected chi connectivity index (χ4v) is 2.81. The fraction of sp³-hybridized carbons (Fsp3) is 0.154. The maximum Gasteiger partial charge on any atom is 0.261 e. The summed E-state index contributed by atoms with van der Waals surface area (Å²) in [6.07, 6.45) is 2.02. The topological polar surface area (TPSA) is 99.1 Å². The van der Waals surface area contributed by atoms with Gasteiger partial charge in [-0.15, -0.1) is 0 Å². The maximum absolute atomic E-state index is 11.9. The average Bonchev–Trinajstić information content (AvgIpc) is 2.87. The molecular weight excluding hydrogens is 278 g/mol. The van der Waals surface area contributed by atoms with E-state index in [9.17, 15) is 15.0 Å². The number of aromatic hydroxyl groups is 2. The van der Waals surface area contributed by atoms with Gasteiger partial charge in [-0.05, 0) is 18.1 Å². The molecule has 0 bridgehead atoms. The van der Waals surface area contributed by atoms with Crippen LogP contribution in [0.15, 0.2) is 23.3 Å². The van der Waals surface area contributed by atoms with Crippen molar-refractivity contribution in [2.75, 3.05) is 0 Å². The van der Waals surface area contributed by atoms with Gasteiger partial charge in [0.15, 0.2) is 5.65 Å². The first-order valence-corrected chi connectivity index (χ1v) is 6.81. The molecule has 3 aromatic rings. The SMILES string of the molecule is CCc1cc(-c2nc3nc[nH]c3c(=O)s2)c(O)cc1O. The van der Waals surface area contributed by atoms with E-state index in [4.69, 9.17) is 0 Å². The molecular formula is C13H11N3O3S. The number of aromatic amines is 1. The average molecular weight is 289 g/mol. The Morgan fingerprint density at radius 1 is 1.30 bits per heavy atom. The first-order valence-electron chi connectivity index (χ1n) is 5.99. The number of imidazole rings is 1. The molecule has 2 heterocycles. The molecule has 0 spiro atoms. The van der Waals surface area contributed by atoms with Gasteiger partial charge in [0, 0.05) is 6.07 Å². The molecule has 0 radical (unpaired) electrons. The van der Waals surface area contributed by atoms with Crippen LogP contribution in [-0.2, 0) is 6.42 Å². The highest BCUT2D eigenvalue weighted by atomic mass is 32.1. The number of aryl methyl sites for hydroxylation is 1. The van der Waals surface area contributed by atoms with Crippen molar-refractivity contribution in [3.05, 3.63) is 33.6 Å². The number of phenols is 2. The van der Waals surface area contributed by atoms with Crippen LogP contribution in [0.4, 0.5) is 0 Å². The van der Waals surface area contributed by atoms with Crippen LogP contribution in [0.25, 0.3) is 21.7 Å². The molecule has 102 valence electrons. The van der Waals surface area contributed by atoms with Crippen molar-refractivity contribution in [3.8, 4) is 22.1 Å². The van der Waals surface area contributed by atoms with Gasteiger partial charge in [0.2, 0.25) is 0 Å². The lowest BCUT2D eigenvalue weighted by atomic mass is 10.1. The van der Waals surface area contributed by atoms with E-state index in [1.165, 1.54) is 12.4 Å². The largest absolute Gasteiger partial charge is 0.508 e. The molecule has 1 aromatic carbocycles. The number of fused-ring (bicyclic) bond motifs is 1. The summed E-state index contributed by atoms with van der Waals surface area (Å²) in [4.78, 5) is 22.9. The van der Waals surface area contributed by atoms with E-state index in [1.54, 1.807) is 6.07 Å². The third-order valence-corrected chi connectivity index (χ3v) is 3.92. The van der Waals surface area contributed by atoms with Crippen LogP contribution in [0.5, 0.6) is 11.5 Å². The quantitative estimate of drug-likeness (QED) is 0.670. The predicted molar refractivity (Wildman–Crippen MR) is 76.2 cm³/mol. The molecule has 0 fully saturated rings. The van der Waals surface area contributed by atoms with Crippen LogP contribution < -0.4 is 4.74 Å². The molecule has 2 aromatic heterocycles. The van der Waals surface area contributed by atoms with E-state index in [0.717, 1.165) is 11.3 Å². The van der Waals surface area contributed by atoms with Crippen molar-refractivity contribution in [3.63, 3.8) is 0 Å². The zero-order valence-corrected chi connectivity index (χ0v) is 11.4. The van der Waals surface area contributed by atoms with E-state index in [2.05, 4.69) is 15.0 Å². The summed E-state index contributed by atoms with van der Waals surface area (Å²) in [5.41, 5.74) is 1.77. The van der Waals surface area contributed by atoms with Crippen molar-refractivity contribution >= 4 is 22.5 Å². The minimum absolute atomic E-state index is 0.0296. The lowest BCUT2D eigenvalue weighted by Gasteiger charge is -2.07. The molecule has 0 aliphatic carbocycles. The summed E-state index contributed by atoms with van der Waals surface area (Å²) < 4.78 is -0.201. The van der Waals surface area contributed by atoms with Gasteiger partial charge in [0.05, 0.1) is 11.9 Å². The summed E-state index contributed by atoms with van der Waals surface area (Å²) >= 11 is 0.924. The molecule has 0 amide bonds. The number of H-pyrrole nitrogens is 1. The Morgan fingerprint density at radius 2 is 2.10 bits per heavy atom. The predicted octanol–water partition coefficient (Wildman–Crippen LogP) is 2.02. The standard InChI is InChI=1S/C13H11N3O3S/c1-2-6-3-7(9(18)4-8(6)17)12-16-11-10(13(19)20-12)14-5-15-11/h3-5,17-18H,2H2,1H3,(H,14,15). The third kappa shape index (κ3) is 1.92. The van der Waals surface area contributed by atoms with Gasteiger partial charge < -0.3 is 15.2 Å². The molecule has 7 heteroatoms. The van der Waals surface area contributed by atoms with Gasteiger partial charge in [0.1, 0.15) is 22.0 Å². The van der Waals surface area contributed by atoms with Crippen molar-refractivity contribution < 1.29 is 10.2 Å². The first kappa shape index (κ1) is 12.6. The zero-order valence-electron chi connectivity index (χ0n) is 10.5. The monoisotopic (exact) mass is 289 g/mol. The smallest absolute Gasteiger partial charge is 0.261 e. The molecule has 0 atom stereocenters. The van der Waals surface area contributed by atoms with Crippen LogP contribution in [0.2, 0.25) is 0 Å². The first-order chi connectivity index (χ1) is 9.60. The van der Waals surface area contributed by atoms with Crippen molar-refractivity contribution in [1.82, 2.24) is 15.0 Å². The van der Waals surface area contributed by atoms with Crippen LogP contribution in [0.3, 0.4) is 0 Å². The Labute approximate surface area is 117 Å². The number of phenolic OH excluding ortho intramolecular Hbond substituents is 2. The Bertz CT molecular complexity index is 854. The summed E-state index contributed by atoms with van der Waals surface area (Å²) in [6, 6.07) is 2.91. The molecule has 3 rings (SSSR count). The highest BCUT2D eigenvalue weighted by Gasteiger charge is 2.14. The van der Waals surface area contributed by atoms with Gasteiger partial charge in [-0.25, -0.2) is 9.97 Å². The van der Waals surface area contributed by atoms with Gasteiger partial charge in [-0.2, -0.15) is 0 Å². The summed E-state index contributed by atoms with van der Waals surface area (Å²) in [7, 11) is 0. The third-order valence-electron chi connectivity index (χ3n) is 3.03. The molecule has 0 saturated carbocycles. The Hall–Kier alpha value is -2.41. The van der Waals surface area contributed by atoms with Crippen LogP contribution in [0, 0.1) is 0 Å². The second-order valence-corrected chi connectivity index (χ2v) is 5.22. The number of nitrogens with one attached hydrogen (secondary N) is 1. The minimum atomic E-state index is -0.201. The maximum atomic E-state index is 11.9. The minimum Gasteiger partial charge on any atom is -0.508 e. The zero-order chi connectivity index (χ0) is 14.3. The van der Waals surface area contributed by atoms with Gasteiger partial charge >= 0.3 is 0 Å². The van der Waals surface area contributed by atoms with E-state index in [-0.39, 0.29) is 16.2 Å². The van der Waals surface area contributed by atoms with E-state index in [1.807, 2.05) is 6.92 Å². The van der Waals surface area contributed by atoms with Crippen molar-refractivity contribution in [1.29, 1.82) is 0 Å². The highest BCUT2D eigenvalue weighted by molar-refractivity contribution is 7.13. The van der Waals surface area contributed by atoms with Gasteiger partial charge in [-0.3, -0.25) is 4.79 Å².